The summed E-state index contributed by atoms with van der Waals surface area (Å²) < 4.78 is 11.4. The minimum absolute atomic E-state index is 0.149. The Hall–Kier alpha value is 0.788. The first-order chi connectivity index (χ1) is 5.63. The lowest BCUT2D eigenvalue weighted by Gasteiger charge is -2.07. The molecule has 0 aliphatic rings. The summed E-state index contributed by atoms with van der Waals surface area (Å²) in [5.74, 6) is 0. The van der Waals surface area contributed by atoms with E-state index in [9.17, 15) is 0 Å². The van der Waals surface area contributed by atoms with Gasteiger partial charge in [0.2, 0.25) is 0 Å². The standard InChI is InChI=1S/C6H22O2Si4/c1-11(2)7-9-5-6-10-8-12(3)4/h11-12H,5-6,9-10H2,1-4H3. The van der Waals surface area contributed by atoms with E-state index in [4.69, 9.17) is 8.23 Å². The molecule has 0 saturated heterocycles. The van der Waals surface area contributed by atoms with Gasteiger partial charge in [0.25, 0.3) is 0 Å². The highest BCUT2D eigenvalue weighted by molar-refractivity contribution is 6.58. The molecule has 0 N–H and O–H groups in total. The minimum Gasteiger partial charge on any atom is -0.463 e. The fourth-order valence-corrected chi connectivity index (χ4v) is 7.58. The Labute approximate surface area is 84.4 Å². The maximum atomic E-state index is 5.70. The van der Waals surface area contributed by atoms with Crippen LogP contribution in [0.15, 0.2) is 0 Å². The Kier molecular flexibility index (Phi) is 8.94. The summed E-state index contributed by atoms with van der Waals surface area (Å²) in [7, 11) is -1.69. The summed E-state index contributed by atoms with van der Waals surface area (Å²) in [4.78, 5) is 0. The highest BCUT2D eigenvalue weighted by atomic mass is 28.4. The molecule has 0 amide bonds. The quantitative estimate of drug-likeness (QED) is 0.459. The molecule has 0 aromatic carbocycles. The Morgan fingerprint density at radius 2 is 1.17 bits per heavy atom. The molecule has 0 aliphatic heterocycles. The summed E-state index contributed by atoms with van der Waals surface area (Å²) in [5.41, 5.74) is 0. The topological polar surface area (TPSA) is 18.5 Å². The Balaban J connectivity index is 2.91. The van der Waals surface area contributed by atoms with Crippen LogP contribution in [0.5, 0.6) is 0 Å². The van der Waals surface area contributed by atoms with Gasteiger partial charge in [0, 0.05) is 0 Å². The monoisotopic (exact) mass is 238 g/mol. The van der Waals surface area contributed by atoms with Crippen LogP contribution >= 0.6 is 0 Å². The van der Waals surface area contributed by atoms with Crippen LogP contribution in [0.1, 0.15) is 0 Å². The third-order valence-electron chi connectivity index (χ3n) is 1.44. The summed E-state index contributed by atoms with van der Waals surface area (Å²) in [5, 5.41) is 0. The number of hydrogen-bond donors (Lipinski definition) is 0. The summed E-state index contributed by atoms with van der Waals surface area (Å²) in [6.07, 6.45) is 0. The minimum atomic E-state index is -0.697. The molecule has 74 valence electrons. The maximum Gasteiger partial charge on any atom is 0.156 e. The first-order valence-electron chi connectivity index (χ1n) is 4.86. The molecule has 0 aliphatic carbocycles. The van der Waals surface area contributed by atoms with Crippen molar-refractivity contribution in [3.05, 3.63) is 0 Å². The molecule has 12 heavy (non-hydrogen) atoms. The molecular weight excluding hydrogens is 216 g/mol. The van der Waals surface area contributed by atoms with Gasteiger partial charge in [0.05, 0.1) is 0 Å². The van der Waals surface area contributed by atoms with Crippen LogP contribution < -0.4 is 0 Å². The molecule has 0 heterocycles. The van der Waals surface area contributed by atoms with Gasteiger partial charge in [0.1, 0.15) is 19.5 Å². The molecule has 0 radical (unpaired) electrons. The van der Waals surface area contributed by atoms with Gasteiger partial charge >= 0.3 is 0 Å². The maximum absolute atomic E-state index is 5.70. The van der Waals surface area contributed by atoms with E-state index in [1.54, 1.807) is 0 Å². The van der Waals surface area contributed by atoms with Crippen LogP contribution in [0.3, 0.4) is 0 Å². The van der Waals surface area contributed by atoms with Gasteiger partial charge in [-0.3, -0.25) is 0 Å². The third-order valence-corrected chi connectivity index (χ3v) is 11.2. The molecule has 2 nitrogen and oxygen atoms in total. The zero-order valence-electron chi connectivity index (χ0n) is 8.80. The van der Waals surface area contributed by atoms with Gasteiger partial charge in [-0.2, -0.15) is 0 Å². The lowest BCUT2D eigenvalue weighted by atomic mass is 11.0. The molecule has 0 aromatic heterocycles. The largest absolute Gasteiger partial charge is 0.463 e. The van der Waals surface area contributed by atoms with Crippen molar-refractivity contribution in [2.24, 2.45) is 0 Å². The van der Waals surface area contributed by atoms with Gasteiger partial charge in [-0.05, 0) is 38.3 Å². The molecule has 0 rings (SSSR count). The molecule has 0 aromatic rings. The van der Waals surface area contributed by atoms with Crippen molar-refractivity contribution in [2.45, 2.75) is 38.3 Å². The Morgan fingerprint density at radius 1 is 0.833 bits per heavy atom. The average Bonchev–Trinajstić information content (AvgIpc) is 1.95. The molecule has 0 spiro atoms. The highest BCUT2D eigenvalue weighted by Gasteiger charge is 1.97. The molecule has 0 fully saturated rings. The van der Waals surface area contributed by atoms with Crippen LogP contribution in [-0.2, 0) is 8.23 Å². The fourth-order valence-electron chi connectivity index (χ4n) is 0.842. The van der Waals surface area contributed by atoms with Crippen molar-refractivity contribution in [3.8, 4) is 0 Å². The van der Waals surface area contributed by atoms with Crippen molar-refractivity contribution in [1.29, 1.82) is 0 Å². The van der Waals surface area contributed by atoms with Gasteiger partial charge in [-0.1, -0.05) is 0 Å². The van der Waals surface area contributed by atoms with Crippen molar-refractivity contribution in [2.75, 3.05) is 0 Å². The van der Waals surface area contributed by atoms with E-state index < -0.39 is 18.1 Å². The van der Waals surface area contributed by atoms with Crippen molar-refractivity contribution in [3.63, 3.8) is 0 Å². The smallest absolute Gasteiger partial charge is 0.156 e. The second-order valence-electron chi connectivity index (χ2n) is 3.55. The predicted octanol–water partition coefficient (Wildman–Crippen LogP) is -0.00940. The predicted molar refractivity (Wildman–Crippen MR) is 66.6 cm³/mol. The van der Waals surface area contributed by atoms with Gasteiger partial charge in [0.15, 0.2) is 18.1 Å². The summed E-state index contributed by atoms with van der Waals surface area (Å²) >= 11 is 0. The normalized spacial score (nSPS) is 13.5. The van der Waals surface area contributed by atoms with E-state index in [1.807, 2.05) is 0 Å². The summed E-state index contributed by atoms with van der Waals surface area (Å²) in [6, 6.07) is 2.72. The lowest BCUT2D eigenvalue weighted by Crippen LogP contribution is -2.14. The van der Waals surface area contributed by atoms with E-state index in [2.05, 4.69) is 26.2 Å². The van der Waals surface area contributed by atoms with Crippen molar-refractivity contribution < 1.29 is 8.23 Å². The van der Waals surface area contributed by atoms with E-state index in [-0.39, 0.29) is 19.5 Å². The molecule has 0 saturated carbocycles. The Bertz CT molecular complexity index is 87.5. The molecule has 6 heteroatoms. The molecule has 0 atom stereocenters. The number of rotatable bonds is 7. The van der Waals surface area contributed by atoms with Crippen molar-refractivity contribution >= 4 is 37.6 Å². The SMILES string of the molecule is C[SiH](C)O[SiH2]CC[SiH2]O[SiH](C)C. The van der Waals surface area contributed by atoms with Gasteiger partial charge < -0.3 is 8.23 Å². The molecular formula is C6H22O2Si4. The second kappa shape index (κ2) is 8.39. The number of hydrogen-bond acceptors (Lipinski definition) is 2. The average molecular weight is 239 g/mol. The van der Waals surface area contributed by atoms with Crippen LogP contribution in [-0.4, -0.2) is 37.6 Å². The first kappa shape index (κ1) is 12.8. The van der Waals surface area contributed by atoms with E-state index in [0.29, 0.717) is 0 Å². The van der Waals surface area contributed by atoms with Crippen LogP contribution in [0.25, 0.3) is 0 Å². The highest BCUT2D eigenvalue weighted by Crippen LogP contribution is 1.93. The Morgan fingerprint density at radius 3 is 1.42 bits per heavy atom. The molecule has 0 unspecified atom stereocenters. The summed E-state index contributed by atoms with van der Waals surface area (Å²) in [6.45, 7) is 9.01. The van der Waals surface area contributed by atoms with E-state index >= 15 is 0 Å². The fraction of sp³-hybridized carbons (Fsp3) is 1.00. The van der Waals surface area contributed by atoms with E-state index in [1.165, 1.54) is 12.1 Å². The van der Waals surface area contributed by atoms with Gasteiger partial charge in [-0.15, -0.1) is 0 Å². The van der Waals surface area contributed by atoms with Gasteiger partial charge in [-0.25, -0.2) is 0 Å². The zero-order valence-corrected chi connectivity index (χ0v) is 13.9. The van der Waals surface area contributed by atoms with Crippen LogP contribution in [0.2, 0.25) is 38.3 Å². The molecule has 0 bridgehead atoms. The third kappa shape index (κ3) is 10.8. The van der Waals surface area contributed by atoms with Crippen LogP contribution in [0, 0.1) is 0 Å². The first-order valence-corrected chi connectivity index (χ1v) is 13.6. The van der Waals surface area contributed by atoms with Crippen molar-refractivity contribution in [1.82, 2.24) is 0 Å². The van der Waals surface area contributed by atoms with E-state index in [0.717, 1.165) is 0 Å². The second-order valence-corrected chi connectivity index (χ2v) is 12.6. The lowest BCUT2D eigenvalue weighted by molar-refractivity contribution is 0.609. The van der Waals surface area contributed by atoms with Crippen LogP contribution in [0.4, 0.5) is 0 Å². The zero-order chi connectivity index (χ0) is 9.40.